The number of anilines is 3. The van der Waals surface area contributed by atoms with Gasteiger partial charge in [-0.05, 0) is 101 Å². The van der Waals surface area contributed by atoms with Gasteiger partial charge in [-0.1, -0.05) is 146 Å². The van der Waals surface area contributed by atoms with Crippen molar-refractivity contribution in [3.63, 3.8) is 0 Å². The molecule has 2 heterocycles. The molecule has 0 aliphatic rings. The number of para-hydroxylation sites is 4. The average Bonchev–Trinajstić information content (AvgIpc) is 3.81. The van der Waals surface area contributed by atoms with Crippen LogP contribution in [0.25, 0.3) is 77.2 Å². The van der Waals surface area contributed by atoms with Crippen LogP contribution in [0.4, 0.5) is 17.1 Å². The van der Waals surface area contributed by atoms with Crippen molar-refractivity contribution < 1.29 is 0 Å². The summed E-state index contributed by atoms with van der Waals surface area (Å²) in [4.78, 5) is 2.34. The fourth-order valence-electron chi connectivity index (χ4n) is 8.72. The van der Waals surface area contributed by atoms with Crippen LogP contribution in [0.3, 0.4) is 0 Å². The predicted octanol–water partition coefficient (Wildman–Crippen LogP) is 14.7. The van der Waals surface area contributed by atoms with Crippen LogP contribution in [0.5, 0.6) is 0 Å². The van der Waals surface area contributed by atoms with E-state index in [0.717, 1.165) is 34.0 Å². The van der Waals surface area contributed by atoms with E-state index in [2.05, 4.69) is 238 Å². The number of benzene rings is 9. The van der Waals surface area contributed by atoms with Gasteiger partial charge in [0.05, 0.1) is 22.1 Å². The molecule has 11 aromatic rings. The van der Waals surface area contributed by atoms with E-state index in [1.807, 2.05) is 0 Å². The van der Waals surface area contributed by atoms with E-state index in [9.17, 15) is 0 Å². The van der Waals surface area contributed by atoms with Gasteiger partial charge in [0.2, 0.25) is 0 Å². The van der Waals surface area contributed by atoms with E-state index in [-0.39, 0.29) is 0 Å². The van der Waals surface area contributed by atoms with Crippen LogP contribution in [0.1, 0.15) is 0 Å². The van der Waals surface area contributed by atoms with Crippen LogP contribution < -0.4 is 4.90 Å². The number of fused-ring (bicyclic) bond motifs is 7. The monoisotopic (exact) mass is 727 g/mol. The number of nitrogens with zero attached hydrogens (tertiary/aromatic N) is 3. The van der Waals surface area contributed by atoms with Crippen molar-refractivity contribution in [1.29, 1.82) is 0 Å². The number of hydrogen-bond acceptors (Lipinski definition) is 1. The van der Waals surface area contributed by atoms with E-state index in [1.165, 1.54) is 60.3 Å². The molecule has 11 rings (SSSR count). The fraction of sp³-hybridized carbons (Fsp3) is 0. The van der Waals surface area contributed by atoms with Gasteiger partial charge in [-0.3, -0.25) is 0 Å². The first kappa shape index (κ1) is 32.8. The Balaban J connectivity index is 1.03. The molecule has 0 N–H and O–H groups in total. The van der Waals surface area contributed by atoms with Gasteiger partial charge in [-0.2, -0.15) is 0 Å². The molecule has 3 heteroatoms. The second-order valence-corrected chi connectivity index (χ2v) is 14.6. The molecule has 268 valence electrons. The Morgan fingerprint density at radius 3 is 1.53 bits per heavy atom. The molecular formula is C54H37N3. The minimum absolute atomic E-state index is 1.11. The summed E-state index contributed by atoms with van der Waals surface area (Å²) in [7, 11) is 0. The third-order valence-corrected chi connectivity index (χ3v) is 11.3. The van der Waals surface area contributed by atoms with Crippen LogP contribution in [-0.4, -0.2) is 9.13 Å². The third-order valence-electron chi connectivity index (χ3n) is 11.3. The second kappa shape index (κ2) is 13.6. The van der Waals surface area contributed by atoms with Gasteiger partial charge in [0.25, 0.3) is 0 Å². The summed E-state index contributed by atoms with van der Waals surface area (Å²) in [5.41, 5.74) is 15.2. The quantitative estimate of drug-likeness (QED) is 0.159. The number of aromatic nitrogens is 2. The van der Waals surface area contributed by atoms with E-state index in [0.29, 0.717) is 0 Å². The molecule has 3 nitrogen and oxygen atoms in total. The average molecular weight is 728 g/mol. The standard InChI is InChI=1S/C54H37N3/c1-4-15-38(16-5-1)39-27-31-44(32-28-39)55(42-18-6-2-7-19-42)46-22-14-17-41(37-46)40-29-33-45(34-30-40)57-50-25-12-10-23-47(50)48-35-36-52-53(54(48)57)49-24-11-13-26-51(49)56(52)43-20-8-3-9-21-43/h1-37H. The summed E-state index contributed by atoms with van der Waals surface area (Å²) in [5, 5.41) is 5.01. The molecule has 0 unspecified atom stereocenters. The first-order valence-corrected chi connectivity index (χ1v) is 19.5. The Hall–Kier alpha value is -7.62. The normalized spacial score (nSPS) is 11.5. The second-order valence-electron chi connectivity index (χ2n) is 14.6. The summed E-state index contributed by atoms with van der Waals surface area (Å²) in [6, 6.07) is 80.9. The number of rotatable bonds is 7. The van der Waals surface area contributed by atoms with Gasteiger partial charge in [-0.25, -0.2) is 0 Å². The van der Waals surface area contributed by atoms with Gasteiger partial charge in [0, 0.05) is 50.0 Å². The molecule has 0 aliphatic heterocycles. The molecule has 9 aromatic carbocycles. The van der Waals surface area contributed by atoms with Gasteiger partial charge in [0.15, 0.2) is 0 Å². The molecular weight excluding hydrogens is 691 g/mol. The molecule has 0 fully saturated rings. The topological polar surface area (TPSA) is 13.1 Å². The fourth-order valence-corrected chi connectivity index (χ4v) is 8.72. The minimum atomic E-state index is 1.11. The van der Waals surface area contributed by atoms with E-state index in [4.69, 9.17) is 0 Å². The summed E-state index contributed by atoms with van der Waals surface area (Å²) in [5.74, 6) is 0. The first-order valence-electron chi connectivity index (χ1n) is 19.5. The van der Waals surface area contributed by atoms with Crippen molar-refractivity contribution in [2.45, 2.75) is 0 Å². The lowest BCUT2D eigenvalue weighted by Gasteiger charge is -2.26. The zero-order valence-corrected chi connectivity index (χ0v) is 31.2. The molecule has 57 heavy (non-hydrogen) atoms. The van der Waals surface area contributed by atoms with Crippen molar-refractivity contribution in [1.82, 2.24) is 9.13 Å². The van der Waals surface area contributed by atoms with Crippen LogP contribution in [0.15, 0.2) is 224 Å². The highest BCUT2D eigenvalue weighted by atomic mass is 15.1. The Morgan fingerprint density at radius 1 is 0.281 bits per heavy atom. The van der Waals surface area contributed by atoms with E-state index < -0.39 is 0 Å². The molecule has 0 atom stereocenters. The van der Waals surface area contributed by atoms with Gasteiger partial charge < -0.3 is 14.0 Å². The van der Waals surface area contributed by atoms with Crippen LogP contribution in [-0.2, 0) is 0 Å². The Morgan fingerprint density at radius 2 is 0.789 bits per heavy atom. The maximum absolute atomic E-state index is 2.46. The Kier molecular flexibility index (Phi) is 7.82. The zero-order valence-electron chi connectivity index (χ0n) is 31.2. The Labute approximate surface area is 331 Å². The van der Waals surface area contributed by atoms with Gasteiger partial charge >= 0.3 is 0 Å². The van der Waals surface area contributed by atoms with Crippen molar-refractivity contribution in [2.75, 3.05) is 4.90 Å². The van der Waals surface area contributed by atoms with Crippen molar-refractivity contribution in [3.8, 4) is 33.6 Å². The summed E-state index contributed by atoms with van der Waals surface area (Å²) < 4.78 is 4.86. The third kappa shape index (κ3) is 5.51. The number of hydrogen-bond donors (Lipinski definition) is 0. The summed E-state index contributed by atoms with van der Waals surface area (Å²) in [6.07, 6.45) is 0. The largest absolute Gasteiger partial charge is 0.310 e. The highest BCUT2D eigenvalue weighted by Gasteiger charge is 2.21. The van der Waals surface area contributed by atoms with Crippen LogP contribution in [0, 0.1) is 0 Å². The lowest BCUT2D eigenvalue weighted by Crippen LogP contribution is -2.09. The smallest absolute Gasteiger partial charge is 0.0641 e. The highest BCUT2D eigenvalue weighted by Crippen LogP contribution is 2.43. The first-order chi connectivity index (χ1) is 28.3. The van der Waals surface area contributed by atoms with Crippen LogP contribution in [0.2, 0.25) is 0 Å². The molecule has 0 saturated carbocycles. The predicted molar refractivity (Wildman–Crippen MR) is 241 cm³/mol. The van der Waals surface area contributed by atoms with Gasteiger partial charge in [0.1, 0.15) is 0 Å². The zero-order chi connectivity index (χ0) is 37.7. The van der Waals surface area contributed by atoms with Crippen molar-refractivity contribution in [2.24, 2.45) is 0 Å². The molecule has 0 aliphatic carbocycles. The van der Waals surface area contributed by atoms with E-state index >= 15 is 0 Å². The summed E-state index contributed by atoms with van der Waals surface area (Å²) in [6.45, 7) is 0. The molecule has 2 aromatic heterocycles. The molecule has 0 bridgehead atoms. The van der Waals surface area contributed by atoms with Gasteiger partial charge in [-0.15, -0.1) is 0 Å². The molecule has 0 amide bonds. The maximum Gasteiger partial charge on any atom is 0.0641 e. The van der Waals surface area contributed by atoms with Crippen LogP contribution >= 0.6 is 0 Å². The molecule has 0 radical (unpaired) electrons. The minimum Gasteiger partial charge on any atom is -0.310 e. The highest BCUT2D eigenvalue weighted by molar-refractivity contribution is 6.26. The lowest BCUT2D eigenvalue weighted by molar-refractivity contribution is 1.17. The lowest BCUT2D eigenvalue weighted by atomic mass is 10.0. The maximum atomic E-state index is 2.46. The summed E-state index contributed by atoms with van der Waals surface area (Å²) >= 11 is 0. The molecule has 0 spiro atoms. The van der Waals surface area contributed by atoms with Crippen molar-refractivity contribution >= 4 is 60.7 Å². The molecule has 0 saturated heterocycles. The van der Waals surface area contributed by atoms with E-state index in [1.54, 1.807) is 0 Å². The SMILES string of the molecule is c1ccc(-c2ccc(N(c3ccccc3)c3cccc(-c4ccc(-n5c6ccccc6c6ccc7c(c8ccccc8n7-c7ccccc7)c65)cc4)c3)cc2)cc1. The Bertz CT molecular complexity index is 3200. The van der Waals surface area contributed by atoms with Crippen molar-refractivity contribution in [3.05, 3.63) is 224 Å².